The number of rotatable bonds is 10. The van der Waals surface area contributed by atoms with Crippen LogP contribution in [0.25, 0.3) is 0 Å². The predicted molar refractivity (Wildman–Crippen MR) is 83.4 cm³/mol. The number of hydrogen-bond donors (Lipinski definition) is 1. The molecule has 0 aromatic carbocycles. The molecule has 0 bridgehead atoms. The predicted octanol–water partition coefficient (Wildman–Crippen LogP) is 6.65. The summed E-state index contributed by atoms with van der Waals surface area (Å²) in [6, 6.07) is 0. The summed E-state index contributed by atoms with van der Waals surface area (Å²) < 4.78 is 0. The fourth-order valence-corrected chi connectivity index (χ4v) is 3.22. The minimum absolute atomic E-state index is 0. The molecule has 0 aliphatic heterocycles. The van der Waals surface area contributed by atoms with Crippen molar-refractivity contribution < 1.29 is 0 Å². The van der Waals surface area contributed by atoms with Gasteiger partial charge in [0.15, 0.2) is 0 Å². The lowest BCUT2D eigenvalue weighted by Gasteiger charge is -2.21. The maximum atomic E-state index is 2.30. The average Bonchev–Trinajstić information content (AvgIpc) is 2.38. The second-order valence-electron chi connectivity index (χ2n) is 6.12. The fraction of sp³-hybridized carbons (Fsp3) is 1.00. The quantitative estimate of drug-likeness (QED) is 0.436. The van der Waals surface area contributed by atoms with Crippen LogP contribution in [0.1, 0.15) is 103 Å². The summed E-state index contributed by atoms with van der Waals surface area (Å²) in [5.41, 5.74) is 0. The molecule has 0 spiro atoms. The molecule has 1 saturated carbocycles. The summed E-state index contributed by atoms with van der Waals surface area (Å²) in [4.78, 5) is 0. The zero-order valence-corrected chi connectivity index (χ0v) is 12.9. The third-order valence-electron chi connectivity index (χ3n) is 4.44. The highest BCUT2D eigenvalue weighted by Crippen LogP contribution is 2.28. The molecular formula is C17H37N. The Morgan fingerprint density at radius 1 is 0.667 bits per heavy atom. The van der Waals surface area contributed by atoms with E-state index in [9.17, 15) is 0 Å². The highest BCUT2D eigenvalue weighted by Gasteiger charge is 2.12. The van der Waals surface area contributed by atoms with Crippen molar-refractivity contribution >= 4 is 0 Å². The molecule has 0 unspecified atom stereocenters. The lowest BCUT2D eigenvalue weighted by Crippen LogP contribution is -2.05. The minimum atomic E-state index is 0. The van der Waals surface area contributed by atoms with Crippen LogP contribution in [0.3, 0.4) is 0 Å². The van der Waals surface area contributed by atoms with Crippen LogP contribution in [-0.2, 0) is 0 Å². The van der Waals surface area contributed by atoms with Crippen LogP contribution in [0, 0.1) is 5.92 Å². The third-order valence-corrected chi connectivity index (χ3v) is 4.44. The van der Waals surface area contributed by atoms with Crippen molar-refractivity contribution in [2.75, 3.05) is 0 Å². The summed E-state index contributed by atoms with van der Waals surface area (Å²) in [5, 5.41) is 0. The molecule has 0 radical (unpaired) electrons. The first-order chi connectivity index (χ1) is 8.43. The molecule has 0 atom stereocenters. The first-order valence-electron chi connectivity index (χ1n) is 8.43. The highest BCUT2D eigenvalue weighted by molar-refractivity contribution is 4.65. The van der Waals surface area contributed by atoms with Gasteiger partial charge >= 0.3 is 0 Å². The summed E-state index contributed by atoms with van der Waals surface area (Å²) in [5.74, 6) is 1.10. The third kappa shape index (κ3) is 9.94. The van der Waals surface area contributed by atoms with Crippen molar-refractivity contribution in [3.05, 3.63) is 0 Å². The van der Waals surface area contributed by atoms with E-state index >= 15 is 0 Å². The molecule has 0 aromatic heterocycles. The standard InChI is InChI=1S/C17H34.H3N/c1-2-3-4-5-6-7-8-9-11-14-17-15-12-10-13-16-17;/h17H,2-16H2,1H3;1H3. The van der Waals surface area contributed by atoms with Gasteiger partial charge in [-0.15, -0.1) is 0 Å². The van der Waals surface area contributed by atoms with Crippen LogP contribution in [-0.4, -0.2) is 0 Å². The molecule has 0 saturated heterocycles. The van der Waals surface area contributed by atoms with Gasteiger partial charge < -0.3 is 6.15 Å². The Labute approximate surface area is 116 Å². The highest BCUT2D eigenvalue weighted by atomic mass is 14.2. The van der Waals surface area contributed by atoms with Gasteiger partial charge in [-0.2, -0.15) is 0 Å². The monoisotopic (exact) mass is 255 g/mol. The van der Waals surface area contributed by atoms with Crippen LogP contribution in [0.2, 0.25) is 0 Å². The van der Waals surface area contributed by atoms with E-state index in [2.05, 4.69) is 6.92 Å². The number of hydrogen-bond acceptors (Lipinski definition) is 1. The summed E-state index contributed by atoms with van der Waals surface area (Å²) >= 11 is 0. The molecule has 0 heterocycles. The van der Waals surface area contributed by atoms with Gasteiger partial charge in [-0.25, -0.2) is 0 Å². The Bertz CT molecular complexity index is 150. The molecule has 1 nitrogen and oxygen atoms in total. The van der Waals surface area contributed by atoms with E-state index in [1.165, 1.54) is 96.3 Å². The zero-order valence-electron chi connectivity index (χ0n) is 12.9. The second kappa shape index (κ2) is 13.4. The minimum Gasteiger partial charge on any atom is -0.344 e. The lowest BCUT2D eigenvalue weighted by atomic mass is 9.85. The molecule has 110 valence electrons. The Morgan fingerprint density at radius 3 is 1.72 bits per heavy atom. The summed E-state index contributed by atoms with van der Waals surface area (Å²) in [6.07, 6.45) is 22.4. The van der Waals surface area contributed by atoms with Crippen LogP contribution in [0.4, 0.5) is 0 Å². The average molecular weight is 255 g/mol. The second-order valence-corrected chi connectivity index (χ2v) is 6.12. The molecule has 18 heavy (non-hydrogen) atoms. The van der Waals surface area contributed by atoms with Gasteiger partial charge in [-0.1, -0.05) is 103 Å². The van der Waals surface area contributed by atoms with Crippen molar-refractivity contribution in [1.29, 1.82) is 0 Å². The molecule has 0 aromatic rings. The summed E-state index contributed by atoms with van der Waals surface area (Å²) in [6.45, 7) is 2.30. The van der Waals surface area contributed by atoms with E-state index in [1.54, 1.807) is 0 Å². The van der Waals surface area contributed by atoms with E-state index in [1.807, 2.05) is 0 Å². The smallest absolute Gasteiger partial charge is 0.0414 e. The van der Waals surface area contributed by atoms with Crippen molar-refractivity contribution in [3.63, 3.8) is 0 Å². The normalized spacial score (nSPS) is 16.5. The Kier molecular flexibility index (Phi) is 13.4. The SMILES string of the molecule is CCCCCCCCCCCC1CCCCC1.N. The fourth-order valence-electron chi connectivity index (χ4n) is 3.22. The van der Waals surface area contributed by atoms with Gasteiger partial charge in [-0.3, -0.25) is 0 Å². The van der Waals surface area contributed by atoms with E-state index in [0.717, 1.165) is 5.92 Å². The maximum absolute atomic E-state index is 2.30. The topological polar surface area (TPSA) is 35.0 Å². The molecule has 1 aliphatic rings. The van der Waals surface area contributed by atoms with E-state index in [-0.39, 0.29) is 6.15 Å². The molecule has 1 aliphatic carbocycles. The first-order valence-corrected chi connectivity index (χ1v) is 8.43. The van der Waals surface area contributed by atoms with Crippen LogP contribution < -0.4 is 6.15 Å². The van der Waals surface area contributed by atoms with Gasteiger partial charge in [0.05, 0.1) is 0 Å². The van der Waals surface area contributed by atoms with Crippen LogP contribution in [0.15, 0.2) is 0 Å². The van der Waals surface area contributed by atoms with Gasteiger partial charge in [0.2, 0.25) is 0 Å². The Hall–Kier alpha value is -0.0400. The van der Waals surface area contributed by atoms with Crippen LogP contribution >= 0.6 is 0 Å². The Morgan fingerprint density at radius 2 is 1.17 bits per heavy atom. The van der Waals surface area contributed by atoms with Crippen LogP contribution in [0.5, 0.6) is 0 Å². The lowest BCUT2D eigenvalue weighted by molar-refractivity contribution is 0.328. The molecule has 1 fully saturated rings. The van der Waals surface area contributed by atoms with Crippen molar-refractivity contribution in [3.8, 4) is 0 Å². The van der Waals surface area contributed by atoms with E-state index in [4.69, 9.17) is 0 Å². The van der Waals surface area contributed by atoms with Gasteiger partial charge in [0.1, 0.15) is 0 Å². The van der Waals surface area contributed by atoms with E-state index in [0.29, 0.717) is 0 Å². The number of unbranched alkanes of at least 4 members (excludes halogenated alkanes) is 8. The van der Waals surface area contributed by atoms with Crippen molar-refractivity contribution in [2.45, 2.75) is 103 Å². The van der Waals surface area contributed by atoms with Gasteiger partial charge in [0.25, 0.3) is 0 Å². The molecular weight excluding hydrogens is 218 g/mol. The van der Waals surface area contributed by atoms with Crippen molar-refractivity contribution in [1.82, 2.24) is 6.15 Å². The molecule has 1 rings (SSSR count). The van der Waals surface area contributed by atoms with Gasteiger partial charge in [-0.05, 0) is 5.92 Å². The molecule has 1 heteroatoms. The molecule has 0 amide bonds. The molecule has 3 N–H and O–H groups in total. The summed E-state index contributed by atoms with van der Waals surface area (Å²) in [7, 11) is 0. The largest absolute Gasteiger partial charge is 0.344 e. The first kappa shape index (κ1) is 18.0. The maximum Gasteiger partial charge on any atom is -0.0414 e. The zero-order chi connectivity index (χ0) is 12.2. The van der Waals surface area contributed by atoms with E-state index < -0.39 is 0 Å². The van der Waals surface area contributed by atoms with Gasteiger partial charge in [0, 0.05) is 0 Å². The Balaban J connectivity index is 0.00000289. The van der Waals surface area contributed by atoms with Crippen molar-refractivity contribution in [2.24, 2.45) is 5.92 Å².